The van der Waals surface area contributed by atoms with Crippen LogP contribution < -0.4 is 5.32 Å². The number of nitro benzene ring substituents is 1. The fraction of sp³-hybridized carbons (Fsp3) is 0. The predicted molar refractivity (Wildman–Crippen MR) is 85.0 cm³/mol. The molecule has 0 bridgehead atoms. The molecule has 1 fully saturated rings. The Morgan fingerprint density at radius 3 is 2.64 bits per heavy atom. The highest BCUT2D eigenvalue weighted by Gasteiger charge is 2.22. The van der Waals surface area contributed by atoms with Crippen LogP contribution in [0.2, 0.25) is 0 Å². The third-order valence-corrected chi connectivity index (χ3v) is 3.53. The van der Waals surface area contributed by atoms with E-state index in [2.05, 4.69) is 26.5 Å². The number of carbonyl (C=O) groups excluding carboxylic acids is 1. The van der Waals surface area contributed by atoms with Gasteiger partial charge in [0.2, 0.25) is 0 Å². The molecule has 1 saturated heterocycles. The number of hydrogen-bond acceptors (Lipinski definition) is 8. The van der Waals surface area contributed by atoms with E-state index in [1.807, 2.05) is 5.38 Å². The molecule has 2 heterocycles. The summed E-state index contributed by atoms with van der Waals surface area (Å²) in [4.78, 5) is 25.7. The van der Waals surface area contributed by atoms with Crippen LogP contribution in [0.1, 0.15) is 0 Å². The van der Waals surface area contributed by atoms with Crippen molar-refractivity contribution in [2.45, 2.75) is 0 Å². The van der Waals surface area contributed by atoms with Crippen molar-refractivity contribution in [1.29, 1.82) is 0 Å². The first-order valence-corrected chi connectivity index (χ1v) is 7.44. The number of hydrogen-bond donors (Lipinski definition) is 1. The minimum absolute atomic E-state index is 0.104. The molecule has 1 aliphatic rings. The van der Waals surface area contributed by atoms with Crippen molar-refractivity contribution in [2.75, 3.05) is 0 Å². The Hall–Kier alpha value is -2.59. The van der Waals surface area contributed by atoms with Gasteiger partial charge in [0.25, 0.3) is 11.6 Å². The monoisotopic (exact) mass is 335 g/mol. The summed E-state index contributed by atoms with van der Waals surface area (Å²) < 4.78 is 3.51. The molecule has 8 nitrogen and oxygen atoms in total. The van der Waals surface area contributed by atoms with Gasteiger partial charge in [-0.2, -0.15) is 0 Å². The molecule has 1 aliphatic heterocycles. The Morgan fingerprint density at radius 2 is 2.14 bits per heavy atom. The number of nitro groups is 1. The van der Waals surface area contributed by atoms with E-state index >= 15 is 0 Å². The highest BCUT2D eigenvalue weighted by molar-refractivity contribution is 8.18. The first-order chi connectivity index (χ1) is 10.6. The molecule has 1 aromatic carbocycles. The summed E-state index contributed by atoms with van der Waals surface area (Å²) in [6, 6.07) is 6.07. The van der Waals surface area contributed by atoms with Crippen LogP contribution >= 0.6 is 23.3 Å². The second-order valence-corrected chi connectivity index (χ2v) is 5.46. The third-order valence-electron chi connectivity index (χ3n) is 2.28. The maximum atomic E-state index is 11.1. The summed E-state index contributed by atoms with van der Waals surface area (Å²) in [6.45, 7) is 3.52. The van der Waals surface area contributed by atoms with E-state index in [1.165, 1.54) is 23.7 Å². The summed E-state index contributed by atoms with van der Waals surface area (Å²) in [5.74, 6) is -0.327. The Kier molecular flexibility index (Phi) is 5.33. The first kappa shape index (κ1) is 15.8. The van der Waals surface area contributed by atoms with E-state index in [1.54, 1.807) is 18.3 Å². The van der Waals surface area contributed by atoms with Crippen LogP contribution in [0.4, 0.5) is 11.4 Å². The van der Waals surface area contributed by atoms with Crippen molar-refractivity contribution in [1.82, 2.24) is 14.9 Å². The van der Waals surface area contributed by atoms with E-state index in [4.69, 9.17) is 0 Å². The molecule has 2 aromatic rings. The average molecular weight is 335 g/mol. The molecular formula is C12H9N5O3S2. The number of nitrogens with zero attached hydrogens (tertiary/aromatic N) is 4. The van der Waals surface area contributed by atoms with Crippen molar-refractivity contribution >= 4 is 45.7 Å². The van der Waals surface area contributed by atoms with Gasteiger partial charge in [-0.05, 0) is 29.4 Å². The molecule has 0 aliphatic carbocycles. The van der Waals surface area contributed by atoms with Gasteiger partial charge in [0.05, 0.1) is 16.0 Å². The van der Waals surface area contributed by atoms with Gasteiger partial charge in [-0.15, -0.1) is 5.10 Å². The molecule has 10 heteroatoms. The number of aliphatic imine (C=N–C) groups is 1. The quantitative estimate of drug-likeness (QED) is 0.513. The lowest BCUT2D eigenvalue weighted by Gasteiger charge is -1.97. The molecule has 1 aromatic heterocycles. The average Bonchev–Trinajstić information content (AvgIpc) is 3.14. The zero-order chi connectivity index (χ0) is 15.9. The molecule has 112 valence electrons. The van der Waals surface area contributed by atoms with Gasteiger partial charge < -0.3 is 5.32 Å². The number of amidine groups is 1. The topological polar surface area (TPSA) is 110 Å². The van der Waals surface area contributed by atoms with Crippen LogP contribution in [0.3, 0.4) is 0 Å². The molecule has 0 radical (unpaired) electrons. The largest absolute Gasteiger partial charge is 0.300 e. The van der Waals surface area contributed by atoms with E-state index < -0.39 is 4.92 Å². The molecule has 1 N–H and O–H groups in total. The number of aromatic nitrogens is 2. The number of carbonyl (C=O) groups is 1. The van der Waals surface area contributed by atoms with Gasteiger partial charge in [0.1, 0.15) is 5.69 Å². The number of amides is 1. The SMILES string of the molecule is C=C1SC(=Nc2ccccc2[N+](=O)[O-])NC1=O.c1csnn1. The zero-order valence-electron chi connectivity index (χ0n) is 11.0. The van der Waals surface area contributed by atoms with Crippen molar-refractivity contribution in [3.8, 4) is 0 Å². The standard InChI is InChI=1S/C10H7N3O3S.C2H2N2S/c1-6-9(14)12-10(17-6)11-7-4-2-3-5-8(7)13(15)16;1-2-5-4-3-1/h2-5H,1H2,(H,11,12,14);1-2H. The second-order valence-electron chi connectivity index (χ2n) is 3.73. The van der Waals surface area contributed by atoms with Crippen molar-refractivity contribution in [3.05, 3.63) is 57.4 Å². The molecule has 0 saturated carbocycles. The third kappa shape index (κ3) is 4.20. The van der Waals surface area contributed by atoms with Gasteiger partial charge in [-0.25, -0.2) is 4.99 Å². The van der Waals surface area contributed by atoms with Gasteiger partial charge in [-0.1, -0.05) is 23.2 Å². The van der Waals surface area contributed by atoms with Crippen LogP contribution in [0.15, 0.2) is 52.3 Å². The number of nitrogens with one attached hydrogen (secondary N) is 1. The summed E-state index contributed by atoms with van der Waals surface area (Å²) in [5, 5.41) is 18.8. The van der Waals surface area contributed by atoms with Gasteiger partial charge in [-0.3, -0.25) is 14.9 Å². The highest BCUT2D eigenvalue weighted by Crippen LogP contribution is 2.30. The highest BCUT2D eigenvalue weighted by atomic mass is 32.2. The van der Waals surface area contributed by atoms with Gasteiger partial charge in [0.15, 0.2) is 5.17 Å². The Labute approximate surface area is 133 Å². The molecule has 0 atom stereocenters. The molecule has 3 rings (SSSR count). The summed E-state index contributed by atoms with van der Waals surface area (Å²) in [7, 11) is 0. The minimum atomic E-state index is -0.518. The molecule has 1 amide bonds. The second kappa shape index (κ2) is 7.43. The fourth-order valence-corrected chi connectivity index (χ4v) is 2.30. The van der Waals surface area contributed by atoms with Crippen molar-refractivity contribution < 1.29 is 9.72 Å². The van der Waals surface area contributed by atoms with E-state index in [-0.39, 0.29) is 17.3 Å². The first-order valence-electron chi connectivity index (χ1n) is 5.79. The van der Waals surface area contributed by atoms with Crippen LogP contribution in [-0.4, -0.2) is 25.6 Å². The van der Waals surface area contributed by atoms with E-state index in [0.717, 1.165) is 11.8 Å². The number of para-hydroxylation sites is 2. The van der Waals surface area contributed by atoms with Gasteiger partial charge in [0, 0.05) is 11.4 Å². The smallest absolute Gasteiger partial charge is 0.294 e. The van der Waals surface area contributed by atoms with E-state index in [9.17, 15) is 14.9 Å². The number of thioether (sulfide) groups is 1. The lowest BCUT2D eigenvalue weighted by Crippen LogP contribution is -2.19. The number of rotatable bonds is 2. The molecule has 0 spiro atoms. The lowest BCUT2D eigenvalue weighted by atomic mass is 10.3. The lowest BCUT2D eigenvalue weighted by molar-refractivity contribution is -0.384. The van der Waals surface area contributed by atoms with Crippen molar-refractivity contribution in [3.63, 3.8) is 0 Å². The van der Waals surface area contributed by atoms with Crippen molar-refractivity contribution in [2.24, 2.45) is 4.99 Å². The van der Waals surface area contributed by atoms with Gasteiger partial charge >= 0.3 is 0 Å². The molecule has 22 heavy (non-hydrogen) atoms. The number of benzene rings is 1. The van der Waals surface area contributed by atoms with Crippen LogP contribution in [0.5, 0.6) is 0 Å². The van der Waals surface area contributed by atoms with Crippen LogP contribution in [0.25, 0.3) is 0 Å². The summed E-state index contributed by atoms with van der Waals surface area (Å²) in [6.07, 6.45) is 1.66. The fourth-order valence-electron chi connectivity index (χ4n) is 1.36. The van der Waals surface area contributed by atoms with Crippen LogP contribution in [0, 0.1) is 10.1 Å². The molecular weight excluding hydrogens is 326 g/mol. The Morgan fingerprint density at radius 1 is 1.36 bits per heavy atom. The minimum Gasteiger partial charge on any atom is -0.300 e. The predicted octanol–water partition coefficient (Wildman–Crippen LogP) is 2.50. The Balaban J connectivity index is 0.000000299. The summed E-state index contributed by atoms with van der Waals surface area (Å²) >= 11 is 2.41. The maximum Gasteiger partial charge on any atom is 0.294 e. The molecule has 0 unspecified atom stereocenters. The summed E-state index contributed by atoms with van der Waals surface area (Å²) in [5.41, 5.74) is 0.0994. The maximum absolute atomic E-state index is 11.1. The normalized spacial score (nSPS) is 15.2. The van der Waals surface area contributed by atoms with E-state index in [0.29, 0.717) is 10.1 Å². The zero-order valence-corrected chi connectivity index (χ0v) is 12.6. The Bertz CT molecular complexity index is 695. The van der Waals surface area contributed by atoms with Crippen LogP contribution in [-0.2, 0) is 4.79 Å².